The summed E-state index contributed by atoms with van der Waals surface area (Å²) in [5.41, 5.74) is 0.515. The van der Waals surface area contributed by atoms with E-state index in [1.54, 1.807) is 0 Å². The third-order valence-corrected chi connectivity index (χ3v) is 5.56. The third kappa shape index (κ3) is 5.45. The zero-order valence-corrected chi connectivity index (χ0v) is 14.3. The summed E-state index contributed by atoms with van der Waals surface area (Å²) < 4.78 is 0. The number of nitrogens with one attached hydrogen (secondary N) is 1. The highest BCUT2D eigenvalue weighted by Gasteiger charge is 2.29. The van der Waals surface area contributed by atoms with Gasteiger partial charge in [0.15, 0.2) is 0 Å². The van der Waals surface area contributed by atoms with E-state index in [-0.39, 0.29) is 0 Å². The summed E-state index contributed by atoms with van der Waals surface area (Å²) in [6, 6.07) is 0.690. The molecular formula is C18H37N. The largest absolute Gasteiger partial charge is 0.314 e. The van der Waals surface area contributed by atoms with Gasteiger partial charge in [-0.15, -0.1) is 0 Å². The molecule has 19 heavy (non-hydrogen) atoms. The molecule has 0 aromatic carbocycles. The lowest BCUT2D eigenvalue weighted by molar-refractivity contribution is 0.146. The van der Waals surface area contributed by atoms with Crippen molar-refractivity contribution in [3.05, 3.63) is 0 Å². The van der Waals surface area contributed by atoms with Gasteiger partial charge in [-0.1, -0.05) is 47.5 Å². The van der Waals surface area contributed by atoms with E-state index in [4.69, 9.17) is 0 Å². The van der Waals surface area contributed by atoms with Crippen LogP contribution < -0.4 is 5.32 Å². The zero-order valence-electron chi connectivity index (χ0n) is 14.3. The fraction of sp³-hybridized carbons (Fsp3) is 1.00. The molecule has 1 saturated carbocycles. The predicted molar refractivity (Wildman–Crippen MR) is 86.4 cm³/mol. The first-order valence-electron chi connectivity index (χ1n) is 8.61. The maximum Gasteiger partial charge on any atom is 0.00669 e. The molecule has 1 aliphatic rings. The fourth-order valence-corrected chi connectivity index (χ4v) is 3.75. The third-order valence-electron chi connectivity index (χ3n) is 5.56. The van der Waals surface area contributed by atoms with Gasteiger partial charge in [-0.05, 0) is 62.3 Å². The van der Waals surface area contributed by atoms with Gasteiger partial charge < -0.3 is 5.32 Å². The van der Waals surface area contributed by atoms with E-state index < -0.39 is 0 Å². The Kier molecular flexibility index (Phi) is 6.86. The molecule has 1 atom stereocenters. The lowest BCUT2D eigenvalue weighted by Gasteiger charge is -2.37. The predicted octanol–water partition coefficient (Wildman–Crippen LogP) is 5.25. The molecule has 0 heterocycles. The number of hydrogen-bond donors (Lipinski definition) is 1. The minimum atomic E-state index is 0.515. The van der Waals surface area contributed by atoms with Gasteiger partial charge in [0.1, 0.15) is 0 Å². The van der Waals surface area contributed by atoms with Crippen molar-refractivity contribution < 1.29 is 0 Å². The molecule has 0 saturated heterocycles. The normalized spacial score (nSPS) is 26.7. The van der Waals surface area contributed by atoms with Crippen LogP contribution in [-0.4, -0.2) is 12.6 Å². The zero-order chi connectivity index (χ0) is 14.5. The van der Waals surface area contributed by atoms with Gasteiger partial charge in [-0.25, -0.2) is 0 Å². The summed E-state index contributed by atoms with van der Waals surface area (Å²) in [7, 11) is 0. The van der Waals surface area contributed by atoms with E-state index in [0.29, 0.717) is 11.5 Å². The van der Waals surface area contributed by atoms with E-state index in [1.165, 1.54) is 45.1 Å². The summed E-state index contributed by atoms with van der Waals surface area (Å²) >= 11 is 0. The van der Waals surface area contributed by atoms with Crippen LogP contribution in [0.3, 0.4) is 0 Å². The average Bonchev–Trinajstić information content (AvgIpc) is 2.37. The SMILES string of the molecule is CCC(CC)C(C)NCC1CCC(C(C)(C)C)CC1. The van der Waals surface area contributed by atoms with E-state index in [9.17, 15) is 0 Å². The molecule has 1 fully saturated rings. The van der Waals surface area contributed by atoms with E-state index in [1.807, 2.05) is 0 Å². The van der Waals surface area contributed by atoms with Crippen LogP contribution in [0.2, 0.25) is 0 Å². The summed E-state index contributed by atoms with van der Waals surface area (Å²) in [6.45, 7) is 15.5. The van der Waals surface area contributed by atoms with Gasteiger partial charge in [0.05, 0.1) is 0 Å². The molecule has 1 aliphatic carbocycles. The van der Waals surface area contributed by atoms with Crippen molar-refractivity contribution in [2.45, 2.75) is 86.1 Å². The van der Waals surface area contributed by atoms with Gasteiger partial charge in [0.25, 0.3) is 0 Å². The van der Waals surface area contributed by atoms with Crippen molar-refractivity contribution in [1.29, 1.82) is 0 Å². The van der Waals surface area contributed by atoms with Crippen LogP contribution in [0.1, 0.15) is 80.1 Å². The Hall–Kier alpha value is -0.0400. The molecular weight excluding hydrogens is 230 g/mol. The number of rotatable bonds is 6. The minimum Gasteiger partial charge on any atom is -0.314 e. The first-order valence-corrected chi connectivity index (χ1v) is 8.61. The molecule has 1 nitrogen and oxygen atoms in total. The van der Waals surface area contributed by atoms with Crippen molar-refractivity contribution in [1.82, 2.24) is 5.32 Å². The lowest BCUT2D eigenvalue weighted by atomic mass is 9.70. The second-order valence-electron chi connectivity index (χ2n) is 7.86. The Bertz CT molecular complexity index is 229. The van der Waals surface area contributed by atoms with Gasteiger partial charge in [-0.2, -0.15) is 0 Å². The van der Waals surface area contributed by atoms with Crippen molar-refractivity contribution in [3.8, 4) is 0 Å². The average molecular weight is 268 g/mol. The van der Waals surface area contributed by atoms with Crippen LogP contribution in [0.25, 0.3) is 0 Å². The molecule has 0 bridgehead atoms. The van der Waals surface area contributed by atoms with Crippen LogP contribution in [0.15, 0.2) is 0 Å². The van der Waals surface area contributed by atoms with Gasteiger partial charge in [-0.3, -0.25) is 0 Å². The van der Waals surface area contributed by atoms with E-state index in [0.717, 1.165) is 17.8 Å². The van der Waals surface area contributed by atoms with Crippen LogP contribution in [-0.2, 0) is 0 Å². The molecule has 114 valence electrons. The molecule has 0 aliphatic heterocycles. The Morgan fingerprint density at radius 2 is 1.53 bits per heavy atom. The second kappa shape index (κ2) is 7.67. The minimum absolute atomic E-state index is 0.515. The Morgan fingerprint density at radius 3 is 1.95 bits per heavy atom. The van der Waals surface area contributed by atoms with Gasteiger partial charge >= 0.3 is 0 Å². The first kappa shape index (κ1) is 17.0. The van der Waals surface area contributed by atoms with Crippen molar-refractivity contribution in [3.63, 3.8) is 0 Å². The quantitative estimate of drug-likeness (QED) is 0.693. The van der Waals surface area contributed by atoms with Crippen molar-refractivity contribution >= 4 is 0 Å². The molecule has 1 heteroatoms. The summed E-state index contributed by atoms with van der Waals surface area (Å²) in [6.07, 6.45) is 8.36. The molecule has 0 aromatic rings. The van der Waals surface area contributed by atoms with Crippen LogP contribution in [0.4, 0.5) is 0 Å². The van der Waals surface area contributed by atoms with Crippen LogP contribution in [0.5, 0.6) is 0 Å². The molecule has 0 aromatic heterocycles. The maximum atomic E-state index is 3.81. The Labute approximate surface area is 121 Å². The van der Waals surface area contributed by atoms with Crippen molar-refractivity contribution in [2.24, 2.45) is 23.2 Å². The highest BCUT2D eigenvalue weighted by Crippen LogP contribution is 2.39. The maximum absolute atomic E-state index is 3.81. The van der Waals surface area contributed by atoms with Crippen LogP contribution in [0, 0.1) is 23.2 Å². The molecule has 1 rings (SSSR count). The topological polar surface area (TPSA) is 12.0 Å². The highest BCUT2D eigenvalue weighted by atomic mass is 14.9. The van der Waals surface area contributed by atoms with Crippen LogP contribution >= 0.6 is 0 Å². The first-order chi connectivity index (χ1) is 8.88. The summed E-state index contributed by atoms with van der Waals surface area (Å²) in [5.74, 6) is 2.72. The summed E-state index contributed by atoms with van der Waals surface area (Å²) in [4.78, 5) is 0. The van der Waals surface area contributed by atoms with Gasteiger partial charge in [0.2, 0.25) is 0 Å². The molecule has 0 spiro atoms. The Morgan fingerprint density at radius 1 is 1.00 bits per heavy atom. The molecule has 1 N–H and O–H groups in total. The highest BCUT2D eigenvalue weighted by molar-refractivity contribution is 4.82. The molecule has 1 unspecified atom stereocenters. The molecule has 0 radical (unpaired) electrons. The van der Waals surface area contributed by atoms with E-state index in [2.05, 4.69) is 46.9 Å². The van der Waals surface area contributed by atoms with E-state index >= 15 is 0 Å². The van der Waals surface area contributed by atoms with Crippen molar-refractivity contribution in [2.75, 3.05) is 6.54 Å². The molecule has 0 amide bonds. The fourth-order valence-electron chi connectivity index (χ4n) is 3.75. The monoisotopic (exact) mass is 267 g/mol. The smallest absolute Gasteiger partial charge is 0.00669 e. The lowest BCUT2D eigenvalue weighted by Crippen LogP contribution is -2.38. The van der Waals surface area contributed by atoms with Gasteiger partial charge in [0, 0.05) is 6.04 Å². The standard InChI is InChI=1S/C18H37N/c1-7-16(8-2)14(3)19-13-15-9-11-17(12-10-15)18(4,5)6/h14-17,19H,7-13H2,1-6H3. The second-order valence-corrected chi connectivity index (χ2v) is 7.86. The summed E-state index contributed by atoms with van der Waals surface area (Å²) in [5, 5.41) is 3.81. The Balaban J connectivity index is 2.26. The number of hydrogen-bond acceptors (Lipinski definition) is 1.